The van der Waals surface area contributed by atoms with Crippen molar-refractivity contribution in [1.82, 2.24) is 25.4 Å². The molecule has 3 heterocycles. The predicted molar refractivity (Wildman–Crippen MR) is 175 cm³/mol. The third-order valence-electron chi connectivity index (χ3n) is 8.78. The first-order valence-corrected chi connectivity index (χ1v) is 15.4. The molecule has 1 aliphatic carbocycles. The summed E-state index contributed by atoms with van der Waals surface area (Å²) in [5.74, 6) is 0.0472. The van der Waals surface area contributed by atoms with E-state index in [1.165, 1.54) is 19.3 Å². The van der Waals surface area contributed by atoms with Gasteiger partial charge in [-0.3, -0.25) is 14.4 Å². The molecule has 3 N–H and O–H groups in total. The number of carbonyl (C=O) groups excluding carboxylic acids is 2. The molecule has 2 aliphatic rings. The van der Waals surface area contributed by atoms with Crippen molar-refractivity contribution in [2.24, 2.45) is 7.05 Å². The maximum atomic E-state index is 13.0. The molecule has 46 heavy (non-hydrogen) atoms. The van der Waals surface area contributed by atoms with Crippen LogP contribution < -0.4 is 26.2 Å². The summed E-state index contributed by atoms with van der Waals surface area (Å²) in [6.45, 7) is 2.51. The van der Waals surface area contributed by atoms with Crippen molar-refractivity contribution in [3.8, 4) is 28.3 Å². The van der Waals surface area contributed by atoms with Crippen LogP contribution in [0.1, 0.15) is 45.9 Å². The molecule has 0 unspecified atom stereocenters. The van der Waals surface area contributed by atoms with Crippen LogP contribution in [0.5, 0.6) is 5.88 Å². The summed E-state index contributed by atoms with van der Waals surface area (Å²) in [7, 11) is 4.79. The van der Waals surface area contributed by atoms with E-state index in [9.17, 15) is 14.4 Å². The third-order valence-corrected chi connectivity index (χ3v) is 9.18. The van der Waals surface area contributed by atoms with Crippen molar-refractivity contribution in [3.63, 3.8) is 0 Å². The van der Waals surface area contributed by atoms with Gasteiger partial charge in [-0.15, -0.1) is 0 Å². The van der Waals surface area contributed by atoms with Gasteiger partial charge in [-0.1, -0.05) is 41.9 Å². The Bertz CT molecular complexity index is 1890. The fraction of sp³-hybridized carbons (Fsp3) is 0.324. The van der Waals surface area contributed by atoms with E-state index in [0.717, 1.165) is 44.5 Å². The van der Waals surface area contributed by atoms with Crippen LogP contribution in [-0.4, -0.2) is 59.5 Å². The van der Waals surface area contributed by atoms with E-state index in [0.29, 0.717) is 41.7 Å². The van der Waals surface area contributed by atoms with Crippen molar-refractivity contribution < 1.29 is 19.1 Å². The normalized spacial score (nSPS) is 18.7. The number of benzene rings is 2. The highest BCUT2D eigenvalue weighted by Gasteiger charge is 2.37. The van der Waals surface area contributed by atoms with E-state index in [4.69, 9.17) is 26.1 Å². The lowest BCUT2D eigenvalue weighted by Gasteiger charge is -2.23. The third kappa shape index (κ3) is 5.89. The van der Waals surface area contributed by atoms with Gasteiger partial charge in [-0.25, -0.2) is 9.67 Å². The minimum absolute atomic E-state index is 0.00239. The molecular formula is C34H35ClN6O5. The SMILES string of the molecule is COc1nc(-c2cccc(-c3cccc(NC(=O)c4ccnn(C)c4=O)c3C)c2Cl)cc2c1[C@@H](NC[C@@H]1CCC(=O)N1)[C@@H](OC)C2. The second-order valence-electron chi connectivity index (χ2n) is 11.5. The van der Waals surface area contributed by atoms with Gasteiger partial charge in [-0.05, 0) is 48.2 Å². The molecule has 0 spiro atoms. The van der Waals surface area contributed by atoms with E-state index in [1.54, 1.807) is 20.3 Å². The molecule has 2 aromatic carbocycles. The van der Waals surface area contributed by atoms with Gasteiger partial charge in [0.2, 0.25) is 11.8 Å². The van der Waals surface area contributed by atoms with Gasteiger partial charge in [0.15, 0.2) is 0 Å². The Labute approximate surface area is 271 Å². The fourth-order valence-electron chi connectivity index (χ4n) is 6.32. The van der Waals surface area contributed by atoms with E-state index < -0.39 is 11.5 Å². The summed E-state index contributed by atoms with van der Waals surface area (Å²) < 4.78 is 12.8. The number of rotatable bonds is 9. The number of hydrogen-bond acceptors (Lipinski definition) is 8. The minimum Gasteiger partial charge on any atom is -0.481 e. The number of pyridine rings is 1. The number of nitrogens with one attached hydrogen (secondary N) is 3. The van der Waals surface area contributed by atoms with Crippen LogP contribution in [0.15, 0.2) is 59.5 Å². The quantitative estimate of drug-likeness (QED) is 0.247. The van der Waals surface area contributed by atoms with Crippen LogP contribution >= 0.6 is 11.6 Å². The lowest BCUT2D eigenvalue weighted by atomic mass is 9.96. The van der Waals surface area contributed by atoms with Crippen molar-refractivity contribution in [2.45, 2.75) is 44.4 Å². The number of aromatic nitrogens is 3. The van der Waals surface area contributed by atoms with Crippen molar-refractivity contribution >= 4 is 29.1 Å². The van der Waals surface area contributed by atoms with Gasteiger partial charge in [0, 0.05) is 68.2 Å². The molecule has 0 bridgehead atoms. The molecule has 3 atom stereocenters. The monoisotopic (exact) mass is 642 g/mol. The molecule has 6 rings (SSSR count). The van der Waals surface area contributed by atoms with Crippen molar-refractivity contribution in [1.29, 1.82) is 0 Å². The number of ether oxygens (including phenoxy) is 2. The number of aryl methyl sites for hydroxylation is 1. The van der Waals surface area contributed by atoms with Gasteiger partial charge in [0.25, 0.3) is 11.5 Å². The summed E-state index contributed by atoms with van der Waals surface area (Å²) >= 11 is 7.12. The molecule has 4 aromatic rings. The number of nitrogens with zero attached hydrogens (tertiary/aromatic N) is 3. The predicted octanol–water partition coefficient (Wildman–Crippen LogP) is 4.21. The number of methoxy groups -OCH3 is 2. The number of anilines is 1. The summed E-state index contributed by atoms with van der Waals surface area (Å²) in [6.07, 6.45) is 3.28. The van der Waals surface area contributed by atoms with Gasteiger partial charge in [-0.2, -0.15) is 5.10 Å². The van der Waals surface area contributed by atoms with Crippen LogP contribution in [0.25, 0.3) is 22.4 Å². The van der Waals surface area contributed by atoms with E-state index in [-0.39, 0.29) is 29.7 Å². The van der Waals surface area contributed by atoms with E-state index in [2.05, 4.69) is 21.0 Å². The summed E-state index contributed by atoms with van der Waals surface area (Å²) in [4.78, 5) is 42.1. The number of amides is 2. The molecule has 1 saturated heterocycles. The zero-order chi connectivity index (χ0) is 32.5. The molecule has 238 valence electrons. The first-order chi connectivity index (χ1) is 22.2. The first-order valence-electron chi connectivity index (χ1n) is 15.1. The van der Waals surface area contributed by atoms with Crippen LogP contribution in [-0.2, 0) is 23.0 Å². The molecule has 1 fully saturated rings. The maximum Gasteiger partial charge on any atom is 0.279 e. The lowest BCUT2D eigenvalue weighted by Crippen LogP contribution is -2.40. The highest BCUT2D eigenvalue weighted by Crippen LogP contribution is 2.43. The maximum absolute atomic E-state index is 13.0. The molecule has 0 saturated carbocycles. The molecule has 2 amide bonds. The Hall–Kier alpha value is -4.58. The Morgan fingerprint density at radius 3 is 2.61 bits per heavy atom. The number of carbonyl (C=O) groups is 2. The summed E-state index contributed by atoms with van der Waals surface area (Å²) in [6, 6.07) is 14.7. The van der Waals surface area contributed by atoms with Crippen LogP contribution in [0, 0.1) is 6.92 Å². The smallest absolute Gasteiger partial charge is 0.279 e. The van der Waals surface area contributed by atoms with Crippen LogP contribution in [0.2, 0.25) is 5.02 Å². The Morgan fingerprint density at radius 2 is 1.87 bits per heavy atom. The number of fused-ring (bicyclic) bond motifs is 1. The summed E-state index contributed by atoms with van der Waals surface area (Å²) in [5.41, 5.74) is 5.83. The van der Waals surface area contributed by atoms with Crippen LogP contribution in [0.3, 0.4) is 0 Å². The number of halogens is 1. The zero-order valence-electron chi connectivity index (χ0n) is 26.0. The highest BCUT2D eigenvalue weighted by atomic mass is 35.5. The Kier molecular flexibility index (Phi) is 8.90. The molecular weight excluding hydrogens is 608 g/mol. The molecule has 12 heteroatoms. The fourth-order valence-corrected chi connectivity index (χ4v) is 6.64. The average molecular weight is 643 g/mol. The average Bonchev–Trinajstić information content (AvgIpc) is 3.64. The number of hydrogen-bond donors (Lipinski definition) is 3. The zero-order valence-corrected chi connectivity index (χ0v) is 26.8. The highest BCUT2D eigenvalue weighted by molar-refractivity contribution is 6.36. The Morgan fingerprint density at radius 1 is 1.11 bits per heavy atom. The van der Waals surface area contributed by atoms with Gasteiger partial charge in [0.1, 0.15) is 5.56 Å². The molecule has 11 nitrogen and oxygen atoms in total. The van der Waals surface area contributed by atoms with E-state index >= 15 is 0 Å². The van der Waals surface area contributed by atoms with Crippen LogP contribution in [0.4, 0.5) is 5.69 Å². The lowest BCUT2D eigenvalue weighted by molar-refractivity contribution is -0.119. The van der Waals surface area contributed by atoms with Gasteiger partial charge < -0.3 is 25.4 Å². The molecule has 2 aromatic heterocycles. The molecule has 0 radical (unpaired) electrons. The van der Waals surface area contributed by atoms with Crippen molar-refractivity contribution in [2.75, 3.05) is 26.1 Å². The van der Waals surface area contributed by atoms with Gasteiger partial charge in [0.05, 0.1) is 30.0 Å². The second kappa shape index (κ2) is 13.0. The first kappa shape index (κ1) is 31.4. The molecule has 1 aliphatic heterocycles. The standard InChI is InChI=1S/C34H35ClN6O5/c1-18-21(7-6-10-25(18)39-32(43)24-13-14-37-41(2)34(24)44)22-8-5-9-23(30(22)35)26-15-19-16-27(45-3)31(29(19)33(40-26)46-4)36-17-20-11-12-28(42)38-20/h5-10,13-15,20,27,31,36H,11-12,16-17H2,1-4H3,(H,38,42)(H,39,43)/t20-,27-,31-/m0/s1. The minimum atomic E-state index is -0.521. The summed E-state index contributed by atoms with van der Waals surface area (Å²) in [5, 5.41) is 13.8. The second-order valence-corrected chi connectivity index (χ2v) is 11.9. The topological polar surface area (TPSA) is 136 Å². The Balaban J connectivity index is 1.31. The largest absolute Gasteiger partial charge is 0.481 e. The van der Waals surface area contributed by atoms with E-state index in [1.807, 2.05) is 43.3 Å². The van der Waals surface area contributed by atoms with Crippen molar-refractivity contribution in [3.05, 3.63) is 92.4 Å². The van der Waals surface area contributed by atoms with Gasteiger partial charge >= 0.3 is 0 Å².